The van der Waals surface area contributed by atoms with E-state index in [0.29, 0.717) is 21.0 Å². The van der Waals surface area contributed by atoms with E-state index in [9.17, 15) is 17.2 Å². The molecular weight excluding hydrogens is 449 g/mol. The van der Waals surface area contributed by atoms with Crippen LogP contribution in [0, 0.1) is 11.6 Å². The first-order valence-electron chi connectivity index (χ1n) is 8.33. The van der Waals surface area contributed by atoms with Crippen LogP contribution in [0.15, 0.2) is 41.4 Å². The maximum absolute atomic E-state index is 14.5. The summed E-state index contributed by atoms with van der Waals surface area (Å²) in [5, 5.41) is 1.51. The van der Waals surface area contributed by atoms with E-state index < -0.39 is 33.6 Å². The predicted molar refractivity (Wildman–Crippen MR) is 110 cm³/mol. The summed E-state index contributed by atoms with van der Waals surface area (Å²) in [4.78, 5) is 6.09. The summed E-state index contributed by atoms with van der Waals surface area (Å²) in [6, 6.07) is 7.40. The highest BCUT2D eigenvalue weighted by molar-refractivity contribution is 8.13. The second kappa shape index (κ2) is 7.48. The highest BCUT2D eigenvalue weighted by atomic mass is 35.5. The Balaban J connectivity index is 1.65. The zero-order chi connectivity index (χ0) is 20.1. The zero-order valence-electron chi connectivity index (χ0n) is 14.3. The van der Waals surface area contributed by atoms with Gasteiger partial charge in [-0.2, -0.15) is 0 Å². The van der Waals surface area contributed by atoms with E-state index in [4.69, 9.17) is 23.2 Å². The van der Waals surface area contributed by atoms with E-state index in [2.05, 4.69) is 4.99 Å². The molecule has 0 aliphatic carbocycles. The van der Waals surface area contributed by atoms with Crippen LogP contribution in [-0.4, -0.2) is 37.2 Å². The summed E-state index contributed by atoms with van der Waals surface area (Å²) in [6.45, 7) is 0. The monoisotopic (exact) mass is 462 g/mol. The summed E-state index contributed by atoms with van der Waals surface area (Å²) in [6.07, 6.45) is 0. The van der Waals surface area contributed by atoms with Crippen molar-refractivity contribution in [2.75, 3.05) is 16.4 Å². The first kappa shape index (κ1) is 19.9. The first-order chi connectivity index (χ1) is 13.2. The number of sulfone groups is 1. The van der Waals surface area contributed by atoms with Crippen LogP contribution >= 0.6 is 35.0 Å². The number of halogens is 4. The SMILES string of the molecule is O=S1(=O)C[C@H]2N=C(SCc3ccc(Cl)cc3Cl)N(c3ccc(F)cc3F)[C@H]2C1. The fourth-order valence-corrected chi connectivity index (χ4v) is 6.89. The second-order valence-electron chi connectivity index (χ2n) is 6.61. The Morgan fingerprint density at radius 1 is 1.14 bits per heavy atom. The fraction of sp³-hybridized carbons (Fsp3) is 0.278. The van der Waals surface area contributed by atoms with Gasteiger partial charge in [-0.25, -0.2) is 17.2 Å². The summed E-state index contributed by atoms with van der Waals surface area (Å²) < 4.78 is 51.9. The highest BCUT2D eigenvalue weighted by Gasteiger charge is 2.47. The minimum atomic E-state index is -3.26. The van der Waals surface area contributed by atoms with Gasteiger partial charge in [-0.15, -0.1) is 0 Å². The van der Waals surface area contributed by atoms with Gasteiger partial charge in [-0.3, -0.25) is 4.99 Å². The third kappa shape index (κ3) is 3.87. The topological polar surface area (TPSA) is 49.7 Å². The molecule has 0 unspecified atom stereocenters. The molecule has 4 rings (SSSR count). The highest BCUT2D eigenvalue weighted by Crippen LogP contribution is 2.37. The smallest absolute Gasteiger partial charge is 0.164 e. The third-order valence-electron chi connectivity index (χ3n) is 4.65. The van der Waals surface area contributed by atoms with Gasteiger partial charge in [-0.1, -0.05) is 41.0 Å². The van der Waals surface area contributed by atoms with Crippen LogP contribution in [0.1, 0.15) is 5.56 Å². The van der Waals surface area contributed by atoms with Crippen molar-refractivity contribution in [2.24, 2.45) is 4.99 Å². The molecule has 4 nitrogen and oxygen atoms in total. The van der Waals surface area contributed by atoms with Crippen molar-refractivity contribution >= 4 is 55.7 Å². The summed E-state index contributed by atoms with van der Waals surface area (Å²) in [7, 11) is -3.26. The quantitative estimate of drug-likeness (QED) is 0.671. The number of benzene rings is 2. The van der Waals surface area contributed by atoms with Crippen LogP contribution in [0.2, 0.25) is 10.0 Å². The van der Waals surface area contributed by atoms with Gasteiger partial charge in [0.05, 0.1) is 29.3 Å². The zero-order valence-corrected chi connectivity index (χ0v) is 17.4. The summed E-state index contributed by atoms with van der Waals surface area (Å²) >= 11 is 13.5. The Morgan fingerprint density at radius 3 is 2.64 bits per heavy atom. The first-order valence-corrected chi connectivity index (χ1v) is 11.9. The molecular formula is C18H14Cl2F2N2O2S2. The minimum Gasteiger partial charge on any atom is -0.312 e. The van der Waals surface area contributed by atoms with Gasteiger partial charge in [0.25, 0.3) is 0 Å². The molecule has 0 radical (unpaired) electrons. The lowest BCUT2D eigenvalue weighted by Gasteiger charge is -2.27. The van der Waals surface area contributed by atoms with E-state index in [0.717, 1.165) is 17.7 Å². The molecule has 0 N–H and O–H groups in total. The number of thioether (sulfide) groups is 1. The fourth-order valence-electron chi connectivity index (χ4n) is 3.37. The maximum atomic E-state index is 14.5. The van der Waals surface area contributed by atoms with Gasteiger partial charge in [0, 0.05) is 21.9 Å². The molecule has 1 saturated heterocycles. The molecule has 10 heteroatoms. The normalized spacial score (nSPS) is 23.0. The van der Waals surface area contributed by atoms with Crippen LogP contribution in [0.25, 0.3) is 0 Å². The van der Waals surface area contributed by atoms with Gasteiger partial charge >= 0.3 is 0 Å². The predicted octanol–water partition coefficient (Wildman–Crippen LogP) is 4.55. The van der Waals surface area contributed by atoms with Crippen LogP contribution in [0.4, 0.5) is 14.5 Å². The van der Waals surface area contributed by atoms with Crippen LogP contribution in [-0.2, 0) is 15.6 Å². The van der Waals surface area contributed by atoms with E-state index >= 15 is 0 Å². The molecule has 1 fully saturated rings. The van der Waals surface area contributed by atoms with Crippen molar-refractivity contribution < 1.29 is 17.2 Å². The van der Waals surface area contributed by atoms with Crippen LogP contribution < -0.4 is 4.90 Å². The number of nitrogens with zero attached hydrogens (tertiary/aromatic N) is 2. The van der Waals surface area contributed by atoms with Crippen LogP contribution in [0.3, 0.4) is 0 Å². The molecule has 2 aliphatic heterocycles. The Morgan fingerprint density at radius 2 is 1.93 bits per heavy atom. The third-order valence-corrected chi connectivity index (χ3v) is 7.95. The number of fused-ring (bicyclic) bond motifs is 1. The largest absolute Gasteiger partial charge is 0.312 e. The van der Waals surface area contributed by atoms with Gasteiger partial charge in [0.15, 0.2) is 15.0 Å². The standard InChI is InChI=1S/C18H14Cl2F2N2O2S2/c19-11-2-1-10(13(20)5-11)7-27-18-23-15-8-28(25,26)9-17(15)24(18)16-4-3-12(21)6-14(16)22/h1-6,15,17H,7-9H2/t15-,17+/m1/s1. The number of amidine groups is 1. The van der Waals surface area contributed by atoms with Crippen molar-refractivity contribution in [1.29, 1.82) is 0 Å². The van der Waals surface area contributed by atoms with E-state index in [1.165, 1.54) is 17.8 Å². The number of rotatable bonds is 3. The summed E-state index contributed by atoms with van der Waals surface area (Å²) in [5.41, 5.74) is 0.933. The van der Waals surface area contributed by atoms with Crippen molar-refractivity contribution in [2.45, 2.75) is 17.8 Å². The Hall–Kier alpha value is -1.35. The Bertz CT molecular complexity index is 1080. The molecule has 2 aromatic carbocycles. The molecule has 2 heterocycles. The molecule has 0 saturated carbocycles. The molecule has 2 atom stereocenters. The minimum absolute atomic E-state index is 0.0806. The van der Waals surface area contributed by atoms with Gasteiger partial charge in [0.2, 0.25) is 0 Å². The average molecular weight is 463 g/mol. The Labute approximate surface area is 175 Å². The lowest BCUT2D eigenvalue weighted by molar-refractivity contribution is 0.577. The van der Waals surface area contributed by atoms with Gasteiger partial charge in [-0.05, 0) is 29.8 Å². The molecule has 0 amide bonds. The molecule has 28 heavy (non-hydrogen) atoms. The van der Waals surface area contributed by atoms with Crippen molar-refractivity contribution in [3.63, 3.8) is 0 Å². The van der Waals surface area contributed by atoms with Crippen molar-refractivity contribution in [1.82, 2.24) is 0 Å². The summed E-state index contributed by atoms with van der Waals surface area (Å²) in [5.74, 6) is -1.22. The lowest BCUT2D eigenvalue weighted by atomic mass is 10.1. The van der Waals surface area contributed by atoms with Crippen molar-refractivity contribution in [3.8, 4) is 0 Å². The number of anilines is 1. The van der Waals surface area contributed by atoms with Crippen molar-refractivity contribution in [3.05, 3.63) is 63.6 Å². The van der Waals surface area contributed by atoms with E-state index in [1.807, 2.05) is 0 Å². The Kier molecular flexibility index (Phi) is 5.33. The molecule has 0 bridgehead atoms. The van der Waals surface area contributed by atoms with E-state index in [-0.39, 0.29) is 17.2 Å². The molecule has 148 valence electrons. The lowest BCUT2D eigenvalue weighted by Crippen LogP contribution is -2.39. The molecule has 0 spiro atoms. The molecule has 2 aliphatic rings. The van der Waals surface area contributed by atoms with Crippen LogP contribution in [0.5, 0.6) is 0 Å². The molecule has 0 aromatic heterocycles. The number of hydrogen-bond acceptors (Lipinski definition) is 5. The van der Waals surface area contributed by atoms with Gasteiger partial charge in [0.1, 0.15) is 11.6 Å². The maximum Gasteiger partial charge on any atom is 0.164 e. The molecule has 2 aromatic rings. The van der Waals surface area contributed by atoms with E-state index in [1.54, 1.807) is 23.1 Å². The van der Waals surface area contributed by atoms with Gasteiger partial charge < -0.3 is 4.90 Å². The number of aliphatic imine (C=N–C) groups is 1. The average Bonchev–Trinajstić information content (AvgIpc) is 3.06. The second-order valence-corrected chi connectivity index (χ2v) is 10.6. The number of hydrogen-bond donors (Lipinski definition) is 0.